The minimum absolute atomic E-state index is 0.176. The van der Waals surface area contributed by atoms with E-state index in [-0.39, 0.29) is 12.8 Å². The van der Waals surface area contributed by atoms with Gasteiger partial charge in [0.15, 0.2) is 0 Å². The summed E-state index contributed by atoms with van der Waals surface area (Å²) in [5.41, 5.74) is -1.70. The van der Waals surface area contributed by atoms with Crippen molar-refractivity contribution < 1.29 is 14.8 Å². The molecule has 0 aromatic rings. The Bertz CT molecular complexity index is 228. The molecule has 0 aromatic carbocycles. The van der Waals surface area contributed by atoms with E-state index in [1.807, 2.05) is 0 Å². The zero-order valence-electron chi connectivity index (χ0n) is 7.36. The summed E-state index contributed by atoms with van der Waals surface area (Å²) in [7, 11) is 0. The van der Waals surface area contributed by atoms with Crippen molar-refractivity contribution in [2.24, 2.45) is 0 Å². The van der Waals surface area contributed by atoms with Gasteiger partial charge in [0.1, 0.15) is 6.61 Å². The Kier molecular flexibility index (Phi) is 2.98. The third-order valence-corrected chi connectivity index (χ3v) is 2.62. The highest BCUT2D eigenvalue weighted by Crippen LogP contribution is 2.26. The Morgan fingerprint density at radius 2 is 2.15 bits per heavy atom. The third kappa shape index (κ3) is 1.70. The molecule has 1 fully saturated rings. The number of carbonyl (C=O) groups excluding carboxylic acids is 1. The lowest BCUT2D eigenvalue weighted by Gasteiger charge is -2.19. The van der Waals surface area contributed by atoms with Crippen LogP contribution >= 0.6 is 0 Å². The molecule has 1 rings (SSSR count). The number of aliphatic hydroxyl groups excluding tert-OH is 1. The number of Topliss-reactive ketones (excluding diaryl/α,β-unsaturated/α-hetero) is 1. The number of carbonyl (C=O) groups is 1. The maximum absolute atomic E-state index is 11.4. The lowest BCUT2D eigenvalue weighted by Crippen LogP contribution is -2.49. The Morgan fingerprint density at radius 3 is 2.69 bits per heavy atom. The average molecular weight is 187 g/mol. The molecule has 1 aliphatic carbocycles. The largest absolute Gasteiger partial charge is 0.388 e. The van der Waals surface area contributed by atoms with E-state index >= 15 is 0 Å². The van der Waals surface area contributed by atoms with Gasteiger partial charge in [0.2, 0.25) is 5.78 Å². The Hall–Kier alpha value is -0.970. The molecule has 0 aliphatic heterocycles. The molecule has 0 bridgehead atoms. The molecule has 1 atom stereocenters. The normalized spacial score (nSPS) is 29.8. The van der Waals surface area contributed by atoms with Gasteiger partial charge in [-0.15, -0.1) is 0 Å². The van der Waals surface area contributed by atoms with E-state index < -0.39 is 22.9 Å². The minimum Gasteiger partial charge on any atom is -0.388 e. The van der Waals surface area contributed by atoms with Crippen molar-refractivity contribution in [2.45, 2.75) is 37.6 Å². The van der Waals surface area contributed by atoms with Crippen LogP contribution in [0.5, 0.6) is 0 Å². The molecule has 74 valence electrons. The van der Waals surface area contributed by atoms with Crippen molar-refractivity contribution in [1.82, 2.24) is 0 Å². The van der Waals surface area contributed by atoms with Crippen LogP contribution in [0.15, 0.2) is 0 Å². The maximum atomic E-state index is 11.4. The van der Waals surface area contributed by atoms with Crippen LogP contribution in [0.2, 0.25) is 0 Å². The quantitative estimate of drug-likeness (QED) is 0.388. The third-order valence-electron chi connectivity index (χ3n) is 2.62. The van der Waals surface area contributed by atoms with Crippen molar-refractivity contribution in [1.29, 1.82) is 0 Å². The summed E-state index contributed by atoms with van der Waals surface area (Å²) in [6.07, 6.45) is 2.58. The molecule has 0 radical (unpaired) electrons. The van der Waals surface area contributed by atoms with Crippen molar-refractivity contribution in [3.05, 3.63) is 10.1 Å². The van der Waals surface area contributed by atoms with Gasteiger partial charge >= 0.3 is 5.54 Å². The van der Waals surface area contributed by atoms with E-state index in [0.717, 1.165) is 6.42 Å². The first-order valence-corrected chi connectivity index (χ1v) is 4.42. The number of hydrogen-bond acceptors (Lipinski definition) is 4. The van der Waals surface area contributed by atoms with Gasteiger partial charge in [-0.25, -0.2) is 0 Å². The van der Waals surface area contributed by atoms with E-state index in [9.17, 15) is 14.9 Å². The molecule has 0 aromatic heterocycles. The van der Waals surface area contributed by atoms with Gasteiger partial charge in [0.05, 0.1) is 0 Å². The van der Waals surface area contributed by atoms with Crippen LogP contribution in [0, 0.1) is 10.1 Å². The van der Waals surface area contributed by atoms with Crippen molar-refractivity contribution >= 4 is 5.78 Å². The van der Waals surface area contributed by atoms with Crippen molar-refractivity contribution in [3.8, 4) is 0 Å². The number of nitrogens with zero attached hydrogens (tertiary/aromatic N) is 1. The zero-order valence-corrected chi connectivity index (χ0v) is 7.36. The molecule has 5 heteroatoms. The van der Waals surface area contributed by atoms with E-state index in [2.05, 4.69) is 0 Å². The van der Waals surface area contributed by atoms with Crippen LogP contribution in [-0.4, -0.2) is 28.0 Å². The highest BCUT2D eigenvalue weighted by atomic mass is 16.6. The molecule has 0 heterocycles. The fourth-order valence-electron chi connectivity index (χ4n) is 1.67. The Morgan fingerprint density at radius 1 is 1.46 bits per heavy atom. The number of nitro groups is 1. The highest BCUT2D eigenvalue weighted by Gasteiger charge is 2.49. The standard InChI is InChI=1S/C8H13NO4/c10-6-8(9(12)13)5-3-1-2-4-7(8)11/h10H,1-6H2. The summed E-state index contributed by atoms with van der Waals surface area (Å²) in [5, 5.41) is 19.6. The van der Waals surface area contributed by atoms with E-state index in [0.29, 0.717) is 12.8 Å². The lowest BCUT2D eigenvalue weighted by molar-refractivity contribution is -0.556. The molecular weight excluding hydrogens is 174 g/mol. The minimum atomic E-state index is -1.70. The molecular formula is C8H13NO4. The van der Waals surface area contributed by atoms with Crippen LogP contribution in [0.3, 0.4) is 0 Å². The number of aliphatic hydroxyl groups is 1. The van der Waals surface area contributed by atoms with Crippen LogP contribution in [-0.2, 0) is 4.79 Å². The smallest absolute Gasteiger partial charge is 0.301 e. The van der Waals surface area contributed by atoms with Crippen molar-refractivity contribution in [3.63, 3.8) is 0 Å². The Balaban J connectivity index is 2.91. The predicted octanol–water partition coefficient (Wildman–Crippen LogP) is 0.527. The molecule has 1 unspecified atom stereocenters. The summed E-state index contributed by atoms with van der Waals surface area (Å²) < 4.78 is 0. The van der Waals surface area contributed by atoms with Crippen LogP contribution in [0.25, 0.3) is 0 Å². The van der Waals surface area contributed by atoms with Gasteiger partial charge in [0.25, 0.3) is 0 Å². The average Bonchev–Trinajstić information content (AvgIpc) is 2.27. The first kappa shape index (κ1) is 10.1. The van der Waals surface area contributed by atoms with Gasteiger partial charge in [-0.1, -0.05) is 6.42 Å². The van der Waals surface area contributed by atoms with Gasteiger partial charge < -0.3 is 5.11 Å². The molecule has 5 nitrogen and oxygen atoms in total. The summed E-state index contributed by atoms with van der Waals surface area (Å²) in [5.74, 6) is -0.419. The second kappa shape index (κ2) is 3.83. The second-order valence-electron chi connectivity index (χ2n) is 3.43. The van der Waals surface area contributed by atoms with Crippen LogP contribution in [0.4, 0.5) is 0 Å². The van der Waals surface area contributed by atoms with Crippen LogP contribution < -0.4 is 0 Å². The molecule has 0 saturated heterocycles. The molecule has 0 spiro atoms. The lowest BCUT2D eigenvalue weighted by atomic mass is 9.91. The van der Waals surface area contributed by atoms with E-state index in [1.54, 1.807) is 0 Å². The summed E-state index contributed by atoms with van der Waals surface area (Å²) in [6, 6.07) is 0. The van der Waals surface area contributed by atoms with E-state index in [1.165, 1.54) is 0 Å². The molecule has 1 aliphatic rings. The number of rotatable bonds is 2. The SMILES string of the molecule is O=C1CCCCCC1(CO)[N+](=O)[O-]. The van der Waals surface area contributed by atoms with Crippen LogP contribution in [0.1, 0.15) is 32.1 Å². The zero-order chi connectivity index (χ0) is 9.90. The van der Waals surface area contributed by atoms with Gasteiger partial charge in [-0.3, -0.25) is 14.9 Å². The number of hydrogen-bond donors (Lipinski definition) is 1. The summed E-state index contributed by atoms with van der Waals surface area (Å²) in [4.78, 5) is 21.5. The molecule has 1 N–H and O–H groups in total. The Labute approximate surface area is 75.9 Å². The number of ketones is 1. The summed E-state index contributed by atoms with van der Waals surface area (Å²) in [6.45, 7) is -0.668. The fourth-order valence-corrected chi connectivity index (χ4v) is 1.67. The topological polar surface area (TPSA) is 80.4 Å². The first-order valence-electron chi connectivity index (χ1n) is 4.42. The molecule has 0 amide bonds. The second-order valence-corrected chi connectivity index (χ2v) is 3.43. The van der Waals surface area contributed by atoms with Gasteiger partial charge in [0, 0.05) is 17.8 Å². The molecule has 1 saturated carbocycles. The first-order chi connectivity index (χ1) is 6.13. The predicted molar refractivity (Wildman–Crippen MR) is 44.9 cm³/mol. The van der Waals surface area contributed by atoms with Gasteiger partial charge in [-0.2, -0.15) is 0 Å². The van der Waals surface area contributed by atoms with Crippen molar-refractivity contribution in [2.75, 3.05) is 6.61 Å². The summed E-state index contributed by atoms with van der Waals surface area (Å²) >= 11 is 0. The molecule has 13 heavy (non-hydrogen) atoms. The highest BCUT2D eigenvalue weighted by molar-refractivity contribution is 5.87. The fraction of sp³-hybridized carbons (Fsp3) is 0.875. The maximum Gasteiger partial charge on any atom is 0.301 e. The monoisotopic (exact) mass is 187 g/mol. The van der Waals surface area contributed by atoms with E-state index in [4.69, 9.17) is 5.11 Å². The van der Waals surface area contributed by atoms with Gasteiger partial charge in [-0.05, 0) is 12.8 Å².